The zero-order chi connectivity index (χ0) is 16.4. The SMILES string of the molecule is COc1cccc(NC(=O)c2ccc3c(c2)CCCS3(=O)=O)c1. The number of nitrogens with one attached hydrogen (secondary N) is 1. The summed E-state index contributed by atoms with van der Waals surface area (Å²) in [7, 11) is -1.64. The number of hydrogen-bond donors (Lipinski definition) is 1. The van der Waals surface area contributed by atoms with E-state index < -0.39 is 9.84 Å². The van der Waals surface area contributed by atoms with Gasteiger partial charge in [0.15, 0.2) is 9.84 Å². The molecule has 0 aromatic heterocycles. The minimum absolute atomic E-state index is 0.176. The van der Waals surface area contributed by atoms with Crippen molar-refractivity contribution in [1.29, 1.82) is 0 Å². The van der Waals surface area contributed by atoms with Crippen molar-refractivity contribution in [2.45, 2.75) is 17.7 Å². The lowest BCUT2D eigenvalue weighted by molar-refractivity contribution is 0.102. The Morgan fingerprint density at radius 2 is 2.00 bits per heavy atom. The van der Waals surface area contributed by atoms with Crippen LogP contribution in [0.3, 0.4) is 0 Å². The van der Waals surface area contributed by atoms with Crippen LogP contribution in [0.1, 0.15) is 22.3 Å². The molecule has 6 heteroatoms. The van der Waals surface area contributed by atoms with Gasteiger partial charge >= 0.3 is 0 Å². The lowest BCUT2D eigenvalue weighted by atomic mass is 10.1. The van der Waals surface area contributed by atoms with Crippen LogP contribution in [0.15, 0.2) is 47.4 Å². The molecule has 0 saturated carbocycles. The number of sulfone groups is 1. The van der Waals surface area contributed by atoms with Crippen LogP contribution in [-0.2, 0) is 16.3 Å². The Morgan fingerprint density at radius 1 is 1.17 bits per heavy atom. The van der Waals surface area contributed by atoms with Crippen LogP contribution >= 0.6 is 0 Å². The zero-order valence-corrected chi connectivity index (χ0v) is 13.5. The van der Waals surface area contributed by atoms with E-state index in [0.717, 1.165) is 5.56 Å². The summed E-state index contributed by atoms with van der Waals surface area (Å²) in [6, 6.07) is 11.8. The maximum atomic E-state index is 12.4. The average Bonchev–Trinajstić information content (AvgIpc) is 2.54. The first-order chi connectivity index (χ1) is 11.0. The summed E-state index contributed by atoms with van der Waals surface area (Å²) in [5.74, 6) is 0.554. The molecule has 1 aliphatic heterocycles. The minimum Gasteiger partial charge on any atom is -0.497 e. The fourth-order valence-corrected chi connectivity index (χ4v) is 4.27. The van der Waals surface area contributed by atoms with E-state index in [4.69, 9.17) is 4.74 Å². The van der Waals surface area contributed by atoms with Gasteiger partial charge in [-0.15, -0.1) is 0 Å². The molecule has 1 amide bonds. The van der Waals surface area contributed by atoms with Crippen LogP contribution in [0.2, 0.25) is 0 Å². The van der Waals surface area contributed by atoms with Gasteiger partial charge < -0.3 is 10.1 Å². The number of benzene rings is 2. The predicted molar refractivity (Wildman–Crippen MR) is 87.8 cm³/mol. The third-order valence-electron chi connectivity index (χ3n) is 3.84. The molecule has 5 nitrogen and oxygen atoms in total. The summed E-state index contributed by atoms with van der Waals surface area (Å²) < 4.78 is 29.1. The molecule has 0 unspecified atom stereocenters. The highest BCUT2D eigenvalue weighted by Crippen LogP contribution is 2.26. The van der Waals surface area contributed by atoms with Gasteiger partial charge in [-0.05, 0) is 48.7 Å². The van der Waals surface area contributed by atoms with E-state index in [2.05, 4.69) is 5.32 Å². The molecule has 0 radical (unpaired) electrons. The molecule has 0 saturated heterocycles. The van der Waals surface area contributed by atoms with E-state index in [1.165, 1.54) is 6.07 Å². The van der Waals surface area contributed by atoms with Crippen molar-refractivity contribution in [3.63, 3.8) is 0 Å². The van der Waals surface area contributed by atoms with Crippen molar-refractivity contribution in [3.8, 4) is 5.75 Å². The summed E-state index contributed by atoms with van der Waals surface area (Å²) >= 11 is 0. The number of hydrogen-bond acceptors (Lipinski definition) is 4. The monoisotopic (exact) mass is 331 g/mol. The summed E-state index contributed by atoms with van der Waals surface area (Å²) in [5, 5.41) is 2.79. The third kappa shape index (κ3) is 3.22. The minimum atomic E-state index is -3.20. The second-order valence-electron chi connectivity index (χ2n) is 5.43. The van der Waals surface area contributed by atoms with Gasteiger partial charge in [0, 0.05) is 17.3 Å². The number of fused-ring (bicyclic) bond motifs is 1. The largest absolute Gasteiger partial charge is 0.497 e. The van der Waals surface area contributed by atoms with E-state index in [9.17, 15) is 13.2 Å². The van der Waals surface area contributed by atoms with Crippen LogP contribution in [0.5, 0.6) is 5.75 Å². The molecule has 0 fully saturated rings. The van der Waals surface area contributed by atoms with Crippen molar-refractivity contribution >= 4 is 21.4 Å². The number of aryl methyl sites for hydroxylation is 1. The Balaban J connectivity index is 1.86. The number of carbonyl (C=O) groups excluding carboxylic acids is 1. The van der Waals surface area contributed by atoms with Crippen molar-refractivity contribution in [1.82, 2.24) is 0 Å². The first kappa shape index (κ1) is 15.6. The summed E-state index contributed by atoms with van der Waals surface area (Å²) in [6.45, 7) is 0. The molecule has 2 aromatic carbocycles. The van der Waals surface area contributed by atoms with E-state index >= 15 is 0 Å². The fourth-order valence-electron chi connectivity index (χ4n) is 2.69. The van der Waals surface area contributed by atoms with E-state index in [1.54, 1.807) is 43.5 Å². The second-order valence-corrected chi connectivity index (χ2v) is 7.51. The number of carbonyl (C=O) groups is 1. The van der Waals surface area contributed by atoms with Gasteiger partial charge in [0.1, 0.15) is 5.75 Å². The van der Waals surface area contributed by atoms with Crippen molar-refractivity contribution in [2.24, 2.45) is 0 Å². The molecular formula is C17H17NO4S. The normalized spacial score (nSPS) is 15.5. The molecule has 0 aliphatic carbocycles. The van der Waals surface area contributed by atoms with Crippen LogP contribution in [0.25, 0.3) is 0 Å². The summed E-state index contributed by atoms with van der Waals surface area (Å²) in [6.07, 6.45) is 1.27. The van der Waals surface area contributed by atoms with Crippen LogP contribution in [0.4, 0.5) is 5.69 Å². The Hall–Kier alpha value is -2.34. The second kappa shape index (κ2) is 6.04. The predicted octanol–water partition coefficient (Wildman–Crippen LogP) is 2.67. The quantitative estimate of drug-likeness (QED) is 0.938. The number of amides is 1. The molecular weight excluding hydrogens is 314 g/mol. The zero-order valence-electron chi connectivity index (χ0n) is 12.7. The standard InChI is InChI=1S/C17H17NO4S/c1-22-15-6-2-5-14(11-15)18-17(19)13-7-8-16-12(10-13)4-3-9-23(16,20)21/h2,5-8,10-11H,3-4,9H2,1H3,(H,18,19). The summed E-state index contributed by atoms with van der Waals surface area (Å²) in [5.41, 5.74) is 1.79. The molecule has 0 bridgehead atoms. The topological polar surface area (TPSA) is 72.5 Å². The highest BCUT2D eigenvalue weighted by Gasteiger charge is 2.24. The first-order valence-corrected chi connectivity index (χ1v) is 8.96. The molecule has 0 spiro atoms. The Labute approximate surface area is 135 Å². The third-order valence-corrected chi connectivity index (χ3v) is 5.74. The van der Waals surface area contributed by atoms with E-state index in [-0.39, 0.29) is 11.7 Å². The van der Waals surface area contributed by atoms with Gasteiger partial charge in [0.05, 0.1) is 17.8 Å². The number of rotatable bonds is 3. The van der Waals surface area contributed by atoms with E-state index in [1.807, 2.05) is 0 Å². The first-order valence-electron chi connectivity index (χ1n) is 7.31. The Bertz CT molecular complexity index is 859. The Morgan fingerprint density at radius 3 is 2.78 bits per heavy atom. The smallest absolute Gasteiger partial charge is 0.255 e. The van der Waals surface area contributed by atoms with Crippen LogP contribution in [0, 0.1) is 0 Å². The fraction of sp³-hybridized carbons (Fsp3) is 0.235. The van der Waals surface area contributed by atoms with Gasteiger partial charge in [-0.25, -0.2) is 8.42 Å². The number of methoxy groups -OCH3 is 1. The molecule has 3 rings (SSSR count). The van der Waals surface area contributed by atoms with Crippen molar-refractivity contribution in [2.75, 3.05) is 18.2 Å². The highest BCUT2D eigenvalue weighted by atomic mass is 32.2. The molecule has 0 atom stereocenters. The molecule has 1 aliphatic rings. The van der Waals surface area contributed by atoms with Crippen molar-refractivity contribution < 1.29 is 17.9 Å². The highest BCUT2D eigenvalue weighted by molar-refractivity contribution is 7.91. The van der Waals surface area contributed by atoms with Crippen LogP contribution < -0.4 is 10.1 Å². The molecule has 2 aromatic rings. The van der Waals surface area contributed by atoms with Gasteiger partial charge in [-0.2, -0.15) is 0 Å². The Kier molecular flexibility index (Phi) is 4.09. The molecule has 1 N–H and O–H groups in total. The number of ether oxygens (including phenoxy) is 1. The van der Waals surface area contributed by atoms with Gasteiger partial charge in [0.2, 0.25) is 0 Å². The average molecular weight is 331 g/mol. The molecule has 23 heavy (non-hydrogen) atoms. The van der Waals surface area contributed by atoms with Gasteiger partial charge in [-0.3, -0.25) is 4.79 Å². The molecule has 120 valence electrons. The lowest BCUT2D eigenvalue weighted by Crippen LogP contribution is -2.18. The van der Waals surface area contributed by atoms with Gasteiger partial charge in [0.25, 0.3) is 5.91 Å². The van der Waals surface area contributed by atoms with Gasteiger partial charge in [-0.1, -0.05) is 6.07 Å². The number of anilines is 1. The van der Waals surface area contributed by atoms with Crippen LogP contribution in [-0.4, -0.2) is 27.2 Å². The maximum Gasteiger partial charge on any atom is 0.255 e. The molecule has 1 heterocycles. The van der Waals surface area contributed by atoms with Crippen molar-refractivity contribution in [3.05, 3.63) is 53.6 Å². The maximum absolute atomic E-state index is 12.4. The summed E-state index contributed by atoms with van der Waals surface area (Å²) in [4.78, 5) is 12.7. The lowest BCUT2D eigenvalue weighted by Gasteiger charge is -2.17. The van der Waals surface area contributed by atoms with E-state index in [0.29, 0.717) is 34.7 Å².